The number of hydrogen-bond donors (Lipinski definition) is 0. The summed E-state index contributed by atoms with van der Waals surface area (Å²) in [5.41, 5.74) is 0. The van der Waals surface area contributed by atoms with Gasteiger partial charge in [-0.3, -0.25) is 0 Å². The molecule has 0 aromatic rings. The quantitative estimate of drug-likeness (QED) is 0.437. The van der Waals surface area contributed by atoms with E-state index < -0.39 is 0 Å². The molecule has 0 aromatic carbocycles. The number of hydrogen-bond acceptors (Lipinski definition) is 3. The molecule has 0 saturated heterocycles. The van der Waals surface area contributed by atoms with Gasteiger partial charge in [-0.05, 0) is 13.3 Å². The lowest BCUT2D eigenvalue weighted by atomic mass is 10.3. The van der Waals surface area contributed by atoms with E-state index >= 15 is 0 Å². The monoisotopic (exact) mass is 176 g/mol. The van der Waals surface area contributed by atoms with E-state index in [9.17, 15) is 0 Å². The van der Waals surface area contributed by atoms with E-state index in [1.54, 1.807) is 14.2 Å². The fourth-order valence-electron chi connectivity index (χ4n) is 0.972. The minimum Gasteiger partial charge on any atom is -0.373 e. The molecule has 1 atom stereocenters. The van der Waals surface area contributed by atoms with Crippen molar-refractivity contribution in [3.8, 4) is 0 Å². The fraction of sp³-hybridized carbons (Fsp3) is 1.00. The normalized spacial score (nSPS) is 13.8. The van der Waals surface area contributed by atoms with Gasteiger partial charge in [0.15, 0.2) is 6.29 Å². The van der Waals surface area contributed by atoms with Gasteiger partial charge in [0.1, 0.15) is 6.10 Å². The minimum atomic E-state index is -0.248. The molecule has 0 saturated carbocycles. The third-order valence-corrected chi connectivity index (χ3v) is 1.73. The van der Waals surface area contributed by atoms with E-state index in [2.05, 4.69) is 6.92 Å². The van der Waals surface area contributed by atoms with Crippen LogP contribution in [0.25, 0.3) is 0 Å². The molecular weight excluding hydrogens is 156 g/mol. The van der Waals surface area contributed by atoms with Crippen LogP contribution in [0.4, 0.5) is 0 Å². The van der Waals surface area contributed by atoms with Gasteiger partial charge in [-0.25, -0.2) is 0 Å². The van der Waals surface area contributed by atoms with Crippen molar-refractivity contribution in [2.24, 2.45) is 0 Å². The van der Waals surface area contributed by atoms with Gasteiger partial charge in [0, 0.05) is 20.8 Å². The van der Waals surface area contributed by atoms with Gasteiger partial charge in [0.25, 0.3) is 0 Å². The topological polar surface area (TPSA) is 27.7 Å². The van der Waals surface area contributed by atoms with Crippen molar-refractivity contribution in [3.05, 3.63) is 0 Å². The Kier molecular flexibility index (Phi) is 7.45. The van der Waals surface area contributed by atoms with Crippen molar-refractivity contribution >= 4 is 0 Å². The number of unbranched alkanes of at least 4 members (excludes halogenated alkanes) is 1. The Morgan fingerprint density at radius 2 is 1.75 bits per heavy atom. The second-order valence-corrected chi connectivity index (χ2v) is 2.77. The van der Waals surface area contributed by atoms with Gasteiger partial charge < -0.3 is 14.2 Å². The van der Waals surface area contributed by atoms with Crippen molar-refractivity contribution in [2.45, 2.75) is 39.1 Å². The summed E-state index contributed by atoms with van der Waals surface area (Å²) in [6, 6.07) is 0. The third kappa shape index (κ3) is 4.70. The van der Waals surface area contributed by atoms with Crippen LogP contribution in [0.1, 0.15) is 26.7 Å². The summed E-state index contributed by atoms with van der Waals surface area (Å²) in [4.78, 5) is 0. The molecule has 0 aliphatic carbocycles. The lowest BCUT2D eigenvalue weighted by Crippen LogP contribution is -2.30. The summed E-state index contributed by atoms with van der Waals surface area (Å²) < 4.78 is 15.6. The highest BCUT2D eigenvalue weighted by Gasteiger charge is 2.15. The van der Waals surface area contributed by atoms with E-state index in [1.165, 1.54) is 0 Å². The maximum absolute atomic E-state index is 5.48. The average molecular weight is 176 g/mol. The van der Waals surface area contributed by atoms with Crippen LogP contribution in [-0.2, 0) is 14.2 Å². The summed E-state index contributed by atoms with van der Waals surface area (Å²) in [5, 5.41) is 0. The smallest absolute Gasteiger partial charge is 0.182 e. The first kappa shape index (κ1) is 11.9. The fourth-order valence-corrected chi connectivity index (χ4v) is 0.972. The molecule has 0 amide bonds. The first-order chi connectivity index (χ1) is 5.76. The summed E-state index contributed by atoms with van der Waals surface area (Å²) >= 11 is 0. The van der Waals surface area contributed by atoms with Crippen molar-refractivity contribution in [3.63, 3.8) is 0 Å². The standard InChI is InChI=1S/C9H20O3/c1-5-6-7-12-8(2)9(10-3)11-4/h8-9H,5-7H2,1-4H3. The van der Waals surface area contributed by atoms with Gasteiger partial charge in [-0.15, -0.1) is 0 Å². The average Bonchev–Trinajstić information content (AvgIpc) is 2.07. The molecular formula is C9H20O3. The van der Waals surface area contributed by atoms with Gasteiger partial charge >= 0.3 is 0 Å². The third-order valence-electron chi connectivity index (χ3n) is 1.73. The van der Waals surface area contributed by atoms with E-state index in [0.29, 0.717) is 0 Å². The molecule has 0 N–H and O–H groups in total. The number of methoxy groups -OCH3 is 2. The van der Waals surface area contributed by atoms with Crippen molar-refractivity contribution < 1.29 is 14.2 Å². The molecule has 0 radical (unpaired) electrons. The predicted octanol–water partition coefficient (Wildman–Crippen LogP) is 1.81. The van der Waals surface area contributed by atoms with Gasteiger partial charge in [-0.2, -0.15) is 0 Å². The summed E-state index contributed by atoms with van der Waals surface area (Å²) in [5.74, 6) is 0. The predicted molar refractivity (Wildman–Crippen MR) is 48.1 cm³/mol. The molecule has 12 heavy (non-hydrogen) atoms. The van der Waals surface area contributed by atoms with Crippen LogP contribution in [-0.4, -0.2) is 33.2 Å². The Labute approximate surface area is 75.0 Å². The molecule has 0 spiro atoms. The SMILES string of the molecule is CCCCOC(C)C(OC)OC. The van der Waals surface area contributed by atoms with E-state index in [1.807, 2.05) is 6.92 Å². The maximum atomic E-state index is 5.48. The lowest BCUT2D eigenvalue weighted by Gasteiger charge is -2.21. The van der Waals surface area contributed by atoms with Crippen LogP contribution in [0.15, 0.2) is 0 Å². The highest BCUT2D eigenvalue weighted by molar-refractivity contribution is 4.54. The number of rotatable bonds is 7. The molecule has 0 aromatic heterocycles. The summed E-state index contributed by atoms with van der Waals surface area (Å²) in [6.07, 6.45) is 2.00. The second-order valence-electron chi connectivity index (χ2n) is 2.77. The van der Waals surface area contributed by atoms with Crippen LogP contribution < -0.4 is 0 Å². The molecule has 0 rings (SSSR count). The minimum absolute atomic E-state index is 0.00606. The Morgan fingerprint density at radius 3 is 2.17 bits per heavy atom. The van der Waals surface area contributed by atoms with E-state index in [0.717, 1.165) is 19.4 Å². The number of ether oxygens (including phenoxy) is 3. The van der Waals surface area contributed by atoms with Gasteiger partial charge in [0.05, 0.1) is 0 Å². The van der Waals surface area contributed by atoms with Crippen molar-refractivity contribution in [1.29, 1.82) is 0 Å². The van der Waals surface area contributed by atoms with Gasteiger partial charge in [0.2, 0.25) is 0 Å². The molecule has 74 valence electrons. The van der Waals surface area contributed by atoms with Crippen LogP contribution >= 0.6 is 0 Å². The molecule has 0 bridgehead atoms. The van der Waals surface area contributed by atoms with Crippen molar-refractivity contribution in [1.82, 2.24) is 0 Å². The first-order valence-corrected chi connectivity index (χ1v) is 4.43. The highest BCUT2D eigenvalue weighted by atomic mass is 16.7. The van der Waals surface area contributed by atoms with E-state index in [-0.39, 0.29) is 12.4 Å². The second kappa shape index (κ2) is 7.53. The lowest BCUT2D eigenvalue weighted by molar-refractivity contribution is -0.175. The van der Waals surface area contributed by atoms with Crippen molar-refractivity contribution in [2.75, 3.05) is 20.8 Å². The van der Waals surface area contributed by atoms with Gasteiger partial charge in [-0.1, -0.05) is 13.3 Å². The van der Waals surface area contributed by atoms with Crippen LogP contribution in [0.5, 0.6) is 0 Å². The zero-order valence-corrected chi connectivity index (χ0v) is 8.50. The molecule has 3 nitrogen and oxygen atoms in total. The Hall–Kier alpha value is -0.120. The Morgan fingerprint density at radius 1 is 1.17 bits per heavy atom. The summed E-state index contributed by atoms with van der Waals surface area (Å²) in [6.45, 7) is 4.87. The van der Waals surface area contributed by atoms with E-state index in [4.69, 9.17) is 14.2 Å². The zero-order chi connectivity index (χ0) is 9.40. The molecule has 0 heterocycles. The molecule has 0 fully saturated rings. The van der Waals surface area contributed by atoms with Crippen LogP contribution in [0.3, 0.4) is 0 Å². The zero-order valence-electron chi connectivity index (χ0n) is 8.50. The maximum Gasteiger partial charge on any atom is 0.182 e. The summed E-state index contributed by atoms with van der Waals surface area (Å²) in [7, 11) is 3.24. The van der Waals surface area contributed by atoms with Crippen LogP contribution in [0.2, 0.25) is 0 Å². The largest absolute Gasteiger partial charge is 0.373 e. The molecule has 1 unspecified atom stereocenters. The molecule has 3 heteroatoms. The Bertz CT molecular complexity index is 91.8. The Balaban J connectivity index is 3.47. The first-order valence-electron chi connectivity index (χ1n) is 4.43. The molecule has 0 aliphatic heterocycles. The highest BCUT2D eigenvalue weighted by Crippen LogP contribution is 2.04. The van der Waals surface area contributed by atoms with Crippen LogP contribution in [0, 0.1) is 0 Å². The molecule has 0 aliphatic rings.